The van der Waals surface area contributed by atoms with E-state index in [0.29, 0.717) is 28.9 Å². The van der Waals surface area contributed by atoms with Crippen LogP contribution in [-0.4, -0.2) is 39.6 Å². The molecule has 1 saturated carbocycles. The molecule has 2 aromatic carbocycles. The molecule has 3 aromatic rings. The first kappa shape index (κ1) is 22.2. The minimum Gasteiger partial charge on any atom is -0.423 e. The predicted octanol–water partition coefficient (Wildman–Crippen LogP) is 4.74. The van der Waals surface area contributed by atoms with Crippen LogP contribution in [0.15, 0.2) is 48.7 Å². The molecular weight excluding hydrogens is 463 g/mol. The molecule has 176 valence electrons. The van der Waals surface area contributed by atoms with Gasteiger partial charge in [-0.05, 0) is 43.4 Å². The number of urea groups is 1. The summed E-state index contributed by atoms with van der Waals surface area (Å²) in [4.78, 5) is 39.1. The third-order valence-electron chi connectivity index (χ3n) is 6.46. The Kier molecular flexibility index (Phi) is 5.65. The molecule has 0 spiro atoms. The summed E-state index contributed by atoms with van der Waals surface area (Å²) in [6, 6.07) is 10.4. The van der Waals surface area contributed by atoms with E-state index in [0.717, 1.165) is 12.8 Å². The summed E-state index contributed by atoms with van der Waals surface area (Å²) in [6.07, 6.45) is 3.65. The second-order valence-corrected chi connectivity index (χ2v) is 9.03. The molecular formula is C24H22ClFN4O4. The lowest BCUT2D eigenvalue weighted by Gasteiger charge is -2.27. The minimum atomic E-state index is -0.782. The van der Waals surface area contributed by atoms with Gasteiger partial charge in [-0.3, -0.25) is 9.36 Å². The molecule has 2 aliphatic rings. The summed E-state index contributed by atoms with van der Waals surface area (Å²) in [5, 5.41) is 3.48. The molecule has 3 amide bonds. The quantitative estimate of drug-likeness (QED) is 0.403. The summed E-state index contributed by atoms with van der Waals surface area (Å²) in [5.74, 6) is -1.18. The van der Waals surface area contributed by atoms with Crippen molar-refractivity contribution in [3.05, 3.63) is 59.5 Å². The van der Waals surface area contributed by atoms with Crippen LogP contribution in [0.2, 0.25) is 5.02 Å². The number of rotatable bonds is 5. The third kappa shape index (κ3) is 4.07. The van der Waals surface area contributed by atoms with Crippen LogP contribution < -0.4 is 15.8 Å². The Morgan fingerprint density at radius 1 is 1.15 bits per heavy atom. The molecule has 1 aliphatic carbocycles. The van der Waals surface area contributed by atoms with Crippen LogP contribution in [0.3, 0.4) is 0 Å². The molecule has 0 unspecified atom stereocenters. The van der Waals surface area contributed by atoms with Crippen molar-refractivity contribution in [3.8, 4) is 5.75 Å². The molecule has 8 nitrogen and oxygen atoms in total. The van der Waals surface area contributed by atoms with Crippen LogP contribution >= 0.6 is 11.6 Å². The molecule has 1 saturated heterocycles. The number of hydrogen-bond acceptors (Lipinski definition) is 4. The van der Waals surface area contributed by atoms with Gasteiger partial charge in [0, 0.05) is 30.1 Å². The van der Waals surface area contributed by atoms with E-state index in [4.69, 9.17) is 22.1 Å². The van der Waals surface area contributed by atoms with Crippen molar-refractivity contribution in [2.75, 3.05) is 5.32 Å². The van der Waals surface area contributed by atoms with Crippen LogP contribution in [0.25, 0.3) is 10.9 Å². The zero-order valence-corrected chi connectivity index (χ0v) is 18.8. The van der Waals surface area contributed by atoms with E-state index in [1.165, 1.54) is 29.0 Å². The van der Waals surface area contributed by atoms with Crippen molar-refractivity contribution in [2.24, 2.45) is 11.7 Å². The molecule has 0 radical (unpaired) electrons. The van der Waals surface area contributed by atoms with Crippen LogP contribution in [0.4, 0.5) is 19.7 Å². The molecule has 1 aliphatic heterocycles. The summed E-state index contributed by atoms with van der Waals surface area (Å²) >= 11 is 5.73. The fourth-order valence-corrected chi connectivity index (χ4v) is 4.96. The van der Waals surface area contributed by atoms with Crippen molar-refractivity contribution < 1.29 is 23.5 Å². The smallest absolute Gasteiger partial charge is 0.323 e. The lowest BCUT2D eigenvalue weighted by molar-refractivity contribution is -0.134. The topological polar surface area (TPSA) is 107 Å². The van der Waals surface area contributed by atoms with E-state index in [9.17, 15) is 18.8 Å². The maximum absolute atomic E-state index is 14.0. The first-order chi connectivity index (χ1) is 16.3. The van der Waals surface area contributed by atoms with Gasteiger partial charge in [0.25, 0.3) is 0 Å². The van der Waals surface area contributed by atoms with Crippen LogP contribution in [0.5, 0.6) is 5.75 Å². The van der Waals surface area contributed by atoms with Gasteiger partial charge in [-0.15, -0.1) is 0 Å². The predicted molar refractivity (Wildman–Crippen MR) is 124 cm³/mol. The summed E-state index contributed by atoms with van der Waals surface area (Å²) < 4.78 is 20.4. The molecule has 3 atom stereocenters. The van der Waals surface area contributed by atoms with Crippen LogP contribution in [-0.2, 0) is 4.79 Å². The van der Waals surface area contributed by atoms with Gasteiger partial charge in [0.05, 0.1) is 16.2 Å². The van der Waals surface area contributed by atoms with Gasteiger partial charge in [-0.25, -0.2) is 14.0 Å². The Morgan fingerprint density at radius 2 is 1.94 bits per heavy atom. The molecule has 2 fully saturated rings. The molecule has 0 bridgehead atoms. The average Bonchev–Trinajstić information content (AvgIpc) is 3.31. The highest BCUT2D eigenvalue weighted by atomic mass is 35.5. The zero-order valence-electron chi connectivity index (χ0n) is 18.0. The number of likely N-dealkylation sites (tertiary alicyclic amines) is 1. The van der Waals surface area contributed by atoms with Gasteiger partial charge in [0.1, 0.15) is 0 Å². The van der Waals surface area contributed by atoms with E-state index < -0.39 is 17.8 Å². The number of amides is 3. The third-order valence-corrected chi connectivity index (χ3v) is 6.75. The lowest BCUT2D eigenvalue weighted by atomic mass is 10.1. The van der Waals surface area contributed by atoms with E-state index >= 15 is 0 Å². The van der Waals surface area contributed by atoms with Crippen molar-refractivity contribution in [3.63, 3.8) is 0 Å². The first-order valence-corrected chi connectivity index (χ1v) is 11.3. The van der Waals surface area contributed by atoms with Crippen molar-refractivity contribution >= 4 is 46.2 Å². The van der Waals surface area contributed by atoms with E-state index in [2.05, 4.69) is 5.32 Å². The maximum atomic E-state index is 14.0. The Bertz CT molecular complexity index is 1310. The number of nitrogens with two attached hydrogens (primary N) is 1. The number of nitrogens with zero attached hydrogens (tertiary/aromatic N) is 2. The Labute approximate surface area is 199 Å². The standard InChI is InChI=1S/C24H22ClFN4O4/c25-16-5-3-7-20(22(16)26)34-21(31)9-8-14-10-13-11-19(13)30(14)24(33)28-17-12-29(23(27)32)18-6-2-1-4-15(17)18/h1-7,12-14,19H,8-11H2,(H2,27,32)(H,28,33)/t13-,14+,19+/m0/s1. The lowest BCUT2D eigenvalue weighted by Crippen LogP contribution is -2.41. The number of carbonyl (C=O) groups excluding carboxylic acids is 3. The van der Waals surface area contributed by atoms with E-state index in [1.54, 1.807) is 23.1 Å². The fraction of sp³-hybridized carbons (Fsp3) is 0.292. The number of benzene rings is 2. The number of hydrogen-bond donors (Lipinski definition) is 2. The summed E-state index contributed by atoms with van der Waals surface area (Å²) in [5.41, 5.74) is 6.55. The molecule has 1 aromatic heterocycles. The van der Waals surface area contributed by atoms with Gasteiger partial charge in [-0.1, -0.05) is 35.9 Å². The van der Waals surface area contributed by atoms with Crippen LogP contribution in [0, 0.1) is 11.7 Å². The molecule has 2 heterocycles. The number of aromatic nitrogens is 1. The monoisotopic (exact) mass is 484 g/mol. The number of para-hydroxylation sites is 1. The maximum Gasteiger partial charge on any atom is 0.323 e. The molecule has 34 heavy (non-hydrogen) atoms. The van der Waals surface area contributed by atoms with Crippen molar-refractivity contribution in [1.82, 2.24) is 9.47 Å². The highest BCUT2D eigenvalue weighted by Crippen LogP contribution is 2.49. The van der Waals surface area contributed by atoms with Crippen molar-refractivity contribution in [1.29, 1.82) is 0 Å². The second-order valence-electron chi connectivity index (χ2n) is 8.62. The first-order valence-electron chi connectivity index (χ1n) is 11.0. The average molecular weight is 485 g/mol. The number of ether oxygens (including phenoxy) is 1. The SMILES string of the molecule is NC(=O)n1cc(NC(=O)N2[C@H](CCC(=O)Oc3cccc(Cl)c3F)C[C@H]3C[C@H]32)c2ccccc21. The molecule has 3 N–H and O–H groups in total. The Hall–Kier alpha value is -3.59. The second kappa shape index (κ2) is 8.64. The largest absolute Gasteiger partial charge is 0.423 e. The highest BCUT2D eigenvalue weighted by molar-refractivity contribution is 6.30. The van der Waals surface area contributed by atoms with Crippen LogP contribution in [0.1, 0.15) is 25.7 Å². The Morgan fingerprint density at radius 3 is 2.74 bits per heavy atom. The minimum absolute atomic E-state index is 0.0286. The van der Waals surface area contributed by atoms with Crippen molar-refractivity contribution in [2.45, 2.75) is 37.8 Å². The number of fused-ring (bicyclic) bond motifs is 2. The highest BCUT2D eigenvalue weighted by Gasteiger charge is 2.53. The zero-order chi connectivity index (χ0) is 24.0. The van der Waals surface area contributed by atoms with Gasteiger partial charge < -0.3 is 20.7 Å². The van der Waals surface area contributed by atoms with E-state index in [-0.39, 0.29) is 35.3 Å². The molecule has 10 heteroatoms. The summed E-state index contributed by atoms with van der Waals surface area (Å²) in [6.45, 7) is 0. The van der Waals surface area contributed by atoms with Gasteiger partial charge in [-0.2, -0.15) is 0 Å². The van der Waals surface area contributed by atoms with Gasteiger partial charge in [0.15, 0.2) is 11.6 Å². The number of anilines is 1. The number of halogens is 2. The fourth-order valence-electron chi connectivity index (χ4n) is 4.80. The summed E-state index contributed by atoms with van der Waals surface area (Å²) in [7, 11) is 0. The number of nitrogens with one attached hydrogen (secondary N) is 1. The van der Waals surface area contributed by atoms with E-state index in [1.807, 2.05) is 6.07 Å². The van der Waals surface area contributed by atoms with Gasteiger partial charge >= 0.3 is 18.0 Å². The Balaban J connectivity index is 1.26. The number of esters is 1. The normalized spacial score (nSPS) is 20.8. The molecule has 5 rings (SSSR count). The number of piperidine rings is 1. The number of primary amides is 1. The number of carbonyl (C=O) groups is 3. The van der Waals surface area contributed by atoms with Gasteiger partial charge in [0.2, 0.25) is 0 Å².